The highest BCUT2D eigenvalue weighted by Crippen LogP contribution is 2.23. The summed E-state index contributed by atoms with van der Waals surface area (Å²) in [5.74, 6) is -0.0429. The molecule has 0 bridgehead atoms. The summed E-state index contributed by atoms with van der Waals surface area (Å²) in [7, 11) is 0. The molecule has 1 unspecified atom stereocenters. The minimum Gasteiger partial charge on any atom is -0.366 e. The lowest BCUT2D eigenvalue weighted by molar-refractivity contribution is 0.0451. The molecular formula is C16H17NO2. The predicted octanol–water partition coefficient (Wildman–Crippen LogP) is 3.35. The van der Waals surface area contributed by atoms with Gasteiger partial charge < -0.3 is 4.74 Å². The summed E-state index contributed by atoms with van der Waals surface area (Å²) in [4.78, 5) is 16.6. The number of aryl methyl sites for hydroxylation is 1. The van der Waals surface area contributed by atoms with E-state index in [1.54, 1.807) is 12.4 Å². The van der Waals surface area contributed by atoms with Crippen LogP contribution in [0.5, 0.6) is 0 Å². The second kappa shape index (κ2) is 6.25. The van der Waals surface area contributed by atoms with Gasteiger partial charge >= 0.3 is 0 Å². The molecule has 1 aromatic carbocycles. The second-order valence-electron chi connectivity index (χ2n) is 4.30. The van der Waals surface area contributed by atoms with Crippen molar-refractivity contribution in [3.63, 3.8) is 0 Å². The fraction of sp³-hybridized carbons (Fsp3) is 0.250. The first-order valence-corrected chi connectivity index (χ1v) is 6.35. The summed E-state index contributed by atoms with van der Waals surface area (Å²) in [6.45, 7) is 4.28. The van der Waals surface area contributed by atoms with Crippen molar-refractivity contribution in [2.75, 3.05) is 6.61 Å². The minimum absolute atomic E-state index is 0.0429. The van der Waals surface area contributed by atoms with E-state index in [0.717, 1.165) is 11.1 Å². The number of carbonyl (C=O) groups excluding carboxylic acids is 1. The molecule has 0 fully saturated rings. The first kappa shape index (κ1) is 13.4. The van der Waals surface area contributed by atoms with Gasteiger partial charge in [-0.3, -0.25) is 9.78 Å². The van der Waals surface area contributed by atoms with Crippen molar-refractivity contribution in [1.29, 1.82) is 0 Å². The summed E-state index contributed by atoms with van der Waals surface area (Å²) in [6.07, 6.45) is 2.73. The summed E-state index contributed by atoms with van der Waals surface area (Å²) in [5.41, 5.74) is 2.41. The largest absolute Gasteiger partial charge is 0.366 e. The van der Waals surface area contributed by atoms with Crippen LogP contribution in [0.2, 0.25) is 0 Å². The van der Waals surface area contributed by atoms with Gasteiger partial charge in [0.05, 0.1) is 0 Å². The van der Waals surface area contributed by atoms with E-state index >= 15 is 0 Å². The van der Waals surface area contributed by atoms with Gasteiger partial charge in [0.2, 0.25) is 0 Å². The number of ketones is 1. The van der Waals surface area contributed by atoms with E-state index in [-0.39, 0.29) is 5.78 Å². The molecule has 2 rings (SSSR count). The molecule has 0 saturated carbocycles. The third-order valence-electron chi connectivity index (χ3n) is 2.98. The molecule has 1 aromatic heterocycles. The van der Waals surface area contributed by atoms with Crippen LogP contribution in [-0.4, -0.2) is 17.4 Å². The zero-order chi connectivity index (χ0) is 13.7. The smallest absolute Gasteiger partial charge is 0.197 e. The van der Waals surface area contributed by atoms with Crippen LogP contribution in [0.25, 0.3) is 0 Å². The fourth-order valence-corrected chi connectivity index (χ4v) is 1.98. The van der Waals surface area contributed by atoms with Crippen molar-refractivity contribution in [2.45, 2.75) is 20.0 Å². The molecule has 0 aliphatic heterocycles. The van der Waals surface area contributed by atoms with Crippen LogP contribution in [-0.2, 0) is 4.74 Å². The van der Waals surface area contributed by atoms with Crippen LogP contribution in [0.15, 0.2) is 48.8 Å². The Morgan fingerprint density at radius 3 is 2.63 bits per heavy atom. The summed E-state index contributed by atoms with van der Waals surface area (Å²) in [5, 5.41) is 0. The molecular weight excluding hydrogens is 238 g/mol. The Bertz CT molecular complexity index is 552. The van der Waals surface area contributed by atoms with Crippen LogP contribution in [0.3, 0.4) is 0 Å². The highest BCUT2D eigenvalue weighted by Gasteiger charge is 2.23. The number of Topliss-reactive ketones (excluding diaryl/α,β-unsaturated/α-hetero) is 1. The maximum atomic E-state index is 12.6. The molecule has 0 saturated heterocycles. The number of benzene rings is 1. The summed E-state index contributed by atoms with van der Waals surface area (Å²) < 4.78 is 5.62. The Labute approximate surface area is 113 Å². The summed E-state index contributed by atoms with van der Waals surface area (Å²) >= 11 is 0. The number of rotatable bonds is 5. The van der Waals surface area contributed by atoms with Crippen molar-refractivity contribution in [1.82, 2.24) is 4.98 Å². The maximum absolute atomic E-state index is 12.6. The molecule has 0 aliphatic rings. The zero-order valence-electron chi connectivity index (χ0n) is 11.2. The number of pyridine rings is 1. The molecule has 0 spiro atoms. The van der Waals surface area contributed by atoms with Gasteiger partial charge in [0.15, 0.2) is 5.78 Å². The minimum atomic E-state index is -0.561. The molecule has 0 amide bonds. The molecule has 1 heterocycles. The third kappa shape index (κ3) is 3.06. The van der Waals surface area contributed by atoms with Gasteiger partial charge in [-0.1, -0.05) is 30.3 Å². The van der Waals surface area contributed by atoms with Crippen LogP contribution in [0.4, 0.5) is 0 Å². The fourth-order valence-electron chi connectivity index (χ4n) is 1.98. The first-order chi connectivity index (χ1) is 9.24. The van der Waals surface area contributed by atoms with E-state index < -0.39 is 6.10 Å². The lowest BCUT2D eigenvalue weighted by atomic mass is 9.98. The number of nitrogens with zero attached hydrogens (tertiary/aromatic N) is 1. The predicted molar refractivity (Wildman–Crippen MR) is 74.1 cm³/mol. The van der Waals surface area contributed by atoms with Gasteiger partial charge in [-0.25, -0.2) is 0 Å². The number of hydrogen-bond acceptors (Lipinski definition) is 3. The van der Waals surface area contributed by atoms with E-state index in [2.05, 4.69) is 4.98 Å². The Hall–Kier alpha value is -2.00. The van der Waals surface area contributed by atoms with Crippen molar-refractivity contribution in [2.24, 2.45) is 0 Å². The first-order valence-electron chi connectivity index (χ1n) is 6.35. The van der Waals surface area contributed by atoms with E-state index in [0.29, 0.717) is 12.2 Å². The molecule has 19 heavy (non-hydrogen) atoms. The number of ether oxygens (including phenoxy) is 1. The Kier molecular flexibility index (Phi) is 4.42. The Morgan fingerprint density at radius 1 is 1.26 bits per heavy atom. The molecule has 3 heteroatoms. The lowest BCUT2D eigenvalue weighted by Gasteiger charge is -2.17. The van der Waals surface area contributed by atoms with E-state index in [1.807, 2.05) is 50.2 Å². The highest BCUT2D eigenvalue weighted by atomic mass is 16.5. The molecule has 1 atom stereocenters. The second-order valence-corrected chi connectivity index (χ2v) is 4.30. The molecule has 0 radical (unpaired) electrons. The van der Waals surface area contributed by atoms with Gasteiger partial charge in [0, 0.05) is 24.6 Å². The van der Waals surface area contributed by atoms with Gasteiger partial charge in [-0.2, -0.15) is 0 Å². The Balaban J connectivity index is 2.35. The molecule has 3 nitrogen and oxygen atoms in total. The van der Waals surface area contributed by atoms with Gasteiger partial charge in [0.1, 0.15) is 6.10 Å². The van der Waals surface area contributed by atoms with E-state index in [9.17, 15) is 4.79 Å². The highest BCUT2D eigenvalue weighted by molar-refractivity contribution is 6.00. The normalized spacial score (nSPS) is 12.1. The van der Waals surface area contributed by atoms with Crippen LogP contribution in [0.1, 0.15) is 34.5 Å². The molecule has 98 valence electrons. The number of carbonyl (C=O) groups is 1. The van der Waals surface area contributed by atoms with Gasteiger partial charge in [-0.05, 0) is 31.0 Å². The van der Waals surface area contributed by atoms with Crippen molar-refractivity contribution in [3.05, 3.63) is 65.5 Å². The molecule has 2 aromatic rings. The average Bonchev–Trinajstić information content (AvgIpc) is 2.45. The van der Waals surface area contributed by atoms with Crippen molar-refractivity contribution in [3.8, 4) is 0 Å². The van der Waals surface area contributed by atoms with E-state index in [4.69, 9.17) is 4.74 Å². The SMILES string of the molecule is CCOC(C(=O)c1cnccc1C)c1ccccc1. The van der Waals surface area contributed by atoms with Gasteiger partial charge in [0.25, 0.3) is 0 Å². The van der Waals surface area contributed by atoms with Crippen LogP contribution < -0.4 is 0 Å². The molecule has 0 aliphatic carbocycles. The van der Waals surface area contributed by atoms with E-state index in [1.165, 1.54) is 0 Å². The van der Waals surface area contributed by atoms with Crippen molar-refractivity contribution < 1.29 is 9.53 Å². The Morgan fingerprint density at radius 2 is 2.00 bits per heavy atom. The number of hydrogen-bond donors (Lipinski definition) is 0. The van der Waals surface area contributed by atoms with Crippen LogP contribution in [0, 0.1) is 6.92 Å². The molecule has 0 N–H and O–H groups in total. The van der Waals surface area contributed by atoms with Crippen LogP contribution >= 0.6 is 0 Å². The lowest BCUT2D eigenvalue weighted by Crippen LogP contribution is -2.17. The van der Waals surface area contributed by atoms with Gasteiger partial charge in [-0.15, -0.1) is 0 Å². The zero-order valence-corrected chi connectivity index (χ0v) is 11.2. The summed E-state index contributed by atoms with van der Waals surface area (Å²) in [6, 6.07) is 11.4. The quantitative estimate of drug-likeness (QED) is 0.769. The third-order valence-corrected chi connectivity index (χ3v) is 2.98. The standard InChI is InChI=1S/C16H17NO2/c1-3-19-16(13-7-5-4-6-8-13)15(18)14-11-17-10-9-12(14)2/h4-11,16H,3H2,1-2H3. The number of aromatic nitrogens is 1. The van der Waals surface area contributed by atoms with Crippen molar-refractivity contribution >= 4 is 5.78 Å². The maximum Gasteiger partial charge on any atom is 0.197 e. The monoisotopic (exact) mass is 255 g/mol. The topological polar surface area (TPSA) is 39.2 Å². The average molecular weight is 255 g/mol.